The van der Waals surface area contributed by atoms with Crippen LogP contribution in [0.3, 0.4) is 0 Å². The Balaban J connectivity index is 1.61. The Morgan fingerprint density at radius 3 is 2.62 bits per heavy atom. The number of ether oxygens (including phenoxy) is 2. The van der Waals surface area contributed by atoms with Crippen LogP contribution in [0.1, 0.15) is 32.3 Å². The number of para-hydroxylation sites is 2. The molecule has 1 aliphatic heterocycles. The van der Waals surface area contributed by atoms with E-state index in [1.54, 1.807) is 0 Å². The zero-order valence-electron chi connectivity index (χ0n) is 15.7. The van der Waals surface area contributed by atoms with Crippen molar-refractivity contribution in [3.63, 3.8) is 0 Å². The summed E-state index contributed by atoms with van der Waals surface area (Å²) < 4.78 is 11.5. The van der Waals surface area contributed by atoms with E-state index in [4.69, 9.17) is 9.47 Å². The predicted octanol–water partition coefficient (Wildman–Crippen LogP) is 4.68. The van der Waals surface area contributed by atoms with Crippen LogP contribution in [0.15, 0.2) is 65.9 Å². The third-order valence-corrected chi connectivity index (χ3v) is 4.49. The first-order chi connectivity index (χ1) is 12.8. The lowest BCUT2D eigenvalue weighted by atomic mass is 10.1. The Kier molecular flexibility index (Phi) is 6.56. The second kappa shape index (κ2) is 9.30. The number of hydrogen-bond donors (Lipinski definition) is 1. The Bertz CT molecular complexity index is 728. The summed E-state index contributed by atoms with van der Waals surface area (Å²) in [7, 11) is 0. The lowest BCUT2D eigenvalue weighted by molar-refractivity contribution is 0.145. The van der Waals surface area contributed by atoms with Crippen LogP contribution < -0.4 is 15.2 Å². The standard InChI is InChI=1S/C22H28N2O2/c1-3-25-15-9-12-20-18(2)16-24(23-20)21-13-7-8-14-22(21)26-17-19-10-5-4-6-11-19/h4-8,10-11,13-14,23H,3,9,12,15-17H2,1-2H3. The summed E-state index contributed by atoms with van der Waals surface area (Å²) in [5.41, 5.74) is 8.46. The number of rotatable bonds is 9. The van der Waals surface area contributed by atoms with Gasteiger partial charge in [-0.2, -0.15) is 0 Å². The van der Waals surface area contributed by atoms with Crippen LogP contribution >= 0.6 is 0 Å². The first kappa shape index (κ1) is 18.3. The van der Waals surface area contributed by atoms with Crippen LogP contribution in [0, 0.1) is 0 Å². The zero-order valence-corrected chi connectivity index (χ0v) is 15.7. The monoisotopic (exact) mass is 352 g/mol. The molecule has 2 aromatic carbocycles. The van der Waals surface area contributed by atoms with E-state index >= 15 is 0 Å². The van der Waals surface area contributed by atoms with Crippen molar-refractivity contribution in [2.45, 2.75) is 33.3 Å². The number of nitrogens with one attached hydrogen (secondary N) is 1. The van der Waals surface area contributed by atoms with Gasteiger partial charge in [-0.3, -0.25) is 5.01 Å². The fraction of sp³-hybridized carbons (Fsp3) is 0.364. The number of benzene rings is 2. The van der Waals surface area contributed by atoms with E-state index in [1.165, 1.54) is 16.8 Å². The molecule has 4 heteroatoms. The zero-order chi connectivity index (χ0) is 18.2. The van der Waals surface area contributed by atoms with Gasteiger partial charge < -0.3 is 14.9 Å². The van der Waals surface area contributed by atoms with Crippen molar-refractivity contribution in [3.05, 3.63) is 71.4 Å². The van der Waals surface area contributed by atoms with E-state index < -0.39 is 0 Å². The molecule has 3 rings (SSSR count). The minimum Gasteiger partial charge on any atom is -0.487 e. The molecule has 1 aliphatic rings. The molecular formula is C22H28N2O2. The van der Waals surface area contributed by atoms with Crippen LogP contribution in [0.25, 0.3) is 0 Å². The Labute approximate surface area is 156 Å². The fourth-order valence-corrected chi connectivity index (χ4v) is 3.08. The predicted molar refractivity (Wildman–Crippen MR) is 106 cm³/mol. The number of hydrogen-bond acceptors (Lipinski definition) is 4. The molecule has 1 N–H and O–H groups in total. The first-order valence-corrected chi connectivity index (χ1v) is 9.34. The molecule has 2 aromatic rings. The van der Waals surface area contributed by atoms with E-state index in [1.807, 2.05) is 37.3 Å². The van der Waals surface area contributed by atoms with Gasteiger partial charge in [0.05, 0.1) is 12.2 Å². The number of anilines is 1. The van der Waals surface area contributed by atoms with Gasteiger partial charge in [-0.25, -0.2) is 0 Å². The summed E-state index contributed by atoms with van der Waals surface area (Å²) in [6.07, 6.45) is 2.04. The van der Waals surface area contributed by atoms with Crippen LogP contribution in [0.5, 0.6) is 5.75 Å². The summed E-state index contributed by atoms with van der Waals surface area (Å²) >= 11 is 0. The Morgan fingerprint density at radius 2 is 1.81 bits per heavy atom. The Morgan fingerprint density at radius 1 is 1.04 bits per heavy atom. The third-order valence-electron chi connectivity index (χ3n) is 4.49. The van der Waals surface area contributed by atoms with E-state index in [2.05, 4.69) is 41.6 Å². The molecule has 1 heterocycles. The van der Waals surface area contributed by atoms with Gasteiger partial charge in [0.1, 0.15) is 12.4 Å². The van der Waals surface area contributed by atoms with Gasteiger partial charge >= 0.3 is 0 Å². The van der Waals surface area contributed by atoms with Crippen molar-refractivity contribution in [1.82, 2.24) is 5.43 Å². The largest absolute Gasteiger partial charge is 0.487 e. The molecule has 0 atom stereocenters. The minimum absolute atomic E-state index is 0.569. The molecule has 0 radical (unpaired) electrons. The molecule has 0 aromatic heterocycles. The highest BCUT2D eigenvalue weighted by Crippen LogP contribution is 2.31. The first-order valence-electron chi connectivity index (χ1n) is 9.34. The minimum atomic E-state index is 0.569. The number of nitrogens with zero attached hydrogens (tertiary/aromatic N) is 1. The van der Waals surface area contributed by atoms with Crippen molar-refractivity contribution in [2.24, 2.45) is 0 Å². The van der Waals surface area contributed by atoms with Crippen molar-refractivity contribution < 1.29 is 9.47 Å². The molecule has 0 fully saturated rings. The maximum atomic E-state index is 6.10. The fourth-order valence-electron chi connectivity index (χ4n) is 3.08. The van der Waals surface area contributed by atoms with Crippen molar-refractivity contribution in [2.75, 3.05) is 24.8 Å². The van der Waals surface area contributed by atoms with Crippen molar-refractivity contribution >= 4 is 5.69 Å². The maximum Gasteiger partial charge on any atom is 0.144 e. The smallest absolute Gasteiger partial charge is 0.144 e. The third kappa shape index (κ3) is 4.79. The molecule has 0 bridgehead atoms. The summed E-state index contributed by atoms with van der Waals surface area (Å²) in [5, 5.41) is 2.17. The molecule has 138 valence electrons. The molecule has 4 nitrogen and oxygen atoms in total. The normalized spacial score (nSPS) is 13.8. The molecule has 0 amide bonds. The summed E-state index contributed by atoms with van der Waals surface area (Å²) in [6, 6.07) is 18.5. The second-order valence-corrected chi connectivity index (χ2v) is 6.50. The van der Waals surface area contributed by atoms with Crippen molar-refractivity contribution in [1.29, 1.82) is 0 Å². The summed E-state index contributed by atoms with van der Waals surface area (Å²) in [5.74, 6) is 0.896. The highest BCUT2D eigenvalue weighted by molar-refractivity contribution is 5.60. The summed E-state index contributed by atoms with van der Waals surface area (Å²) in [6.45, 7) is 7.26. The van der Waals surface area contributed by atoms with Crippen LogP contribution in [0.2, 0.25) is 0 Å². The average molecular weight is 352 g/mol. The SMILES string of the molecule is CCOCCCC1=C(C)CN(c2ccccc2OCc2ccccc2)N1. The van der Waals surface area contributed by atoms with E-state index in [0.29, 0.717) is 6.61 Å². The van der Waals surface area contributed by atoms with E-state index in [0.717, 1.165) is 44.0 Å². The lowest BCUT2D eigenvalue weighted by Gasteiger charge is -2.23. The topological polar surface area (TPSA) is 33.7 Å². The van der Waals surface area contributed by atoms with Gasteiger partial charge in [0, 0.05) is 18.9 Å². The average Bonchev–Trinajstić information content (AvgIpc) is 3.05. The molecular weight excluding hydrogens is 324 g/mol. The highest BCUT2D eigenvalue weighted by atomic mass is 16.5. The van der Waals surface area contributed by atoms with Gasteiger partial charge in [0.25, 0.3) is 0 Å². The van der Waals surface area contributed by atoms with E-state index in [9.17, 15) is 0 Å². The quantitative estimate of drug-likeness (QED) is 0.664. The maximum absolute atomic E-state index is 6.10. The molecule has 0 saturated heterocycles. The van der Waals surface area contributed by atoms with Crippen LogP contribution in [0.4, 0.5) is 5.69 Å². The summed E-state index contributed by atoms with van der Waals surface area (Å²) in [4.78, 5) is 0. The molecule has 0 unspecified atom stereocenters. The molecule has 0 spiro atoms. The van der Waals surface area contributed by atoms with Gasteiger partial charge in [-0.1, -0.05) is 42.5 Å². The molecule has 26 heavy (non-hydrogen) atoms. The number of hydrazine groups is 1. The van der Waals surface area contributed by atoms with Crippen LogP contribution in [-0.4, -0.2) is 19.8 Å². The highest BCUT2D eigenvalue weighted by Gasteiger charge is 2.21. The Hall–Kier alpha value is -2.46. The van der Waals surface area contributed by atoms with Crippen molar-refractivity contribution in [3.8, 4) is 5.75 Å². The van der Waals surface area contributed by atoms with Gasteiger partial charge in [0.2, 0.25) is 0 Å². The molecule has 0 saturated carbocycles. The van der Waals surface area contributed by atoms with Gasteiger partial charge in [0.15, 0.2) is 0 Å². The second-order valence-electron chi connectivity index (χ2n) is 6.50. The van der Waals surface area contributed by atoms with E-state index in [-0.39, 0.29) is 0 Å². The van der Waals surface area contributed by atoms with Gasteiger partial charge in [-0.15, -0.1) is 0 Å². The van der Waals surface area contributed by atoms with Gasteiger partial charge in [-0.05, 0) is 50.0 Å². The lowest BCUT2D eigenvalue weighted by Crippen LogP contribution is -2.32. The molecule has 0 aliphatic carbocycles. The van der Waals surface area contributed by atoms with Crippen LogP contribution in [-0.2, 0) is 11.3 Å². The number of allylic oxidation sites excluding steroid dienone is 1.